The van der Waals surface area contributed by atoms with E-state index in [4.69, 9.17) is 4.42 Å². The molecular weight excluding hydrogens is 583 g/mol. The zero-order chi connectivity index (χ0) is 32.8. The molecule has 4 aromatic carbocycles. The third kappa shape index (κ3) is 5.28. The van der Waals surface area contributed by atoms with Gasteiger partial charge in [0.2, 0.25) is 0 Å². The lowest BCUT2D eigenvalue weighted by molar-refractivity contribution is 0.320. The number of fused-ring (bicyclic) bond motifs is 4. The van der Waals surface area contributed by atoms with E-state index in [0.717, 1.165) is 37.0 Å². The number of anilines is 2. The predicted octanol–water partition coefficient (Wildman–Crippen LogP) is 12.8. The summed E-state index contributed by atoms with van der Waals surface area (Å²) in [6.45, 7) is 9.50. The second-order valence-corrected chi connectivity index (χ2v) is 14.4. The molecule has 0 radical (unpaired) electrons. The Kier molecular flexibility index (Phi) is 7.83. The van der Waals surface area contributed by atoms with Gasteiger partial charge in [-0.1, -0.05) is 131 Å². The molecule has 3 atom stereocenters. The highest BCUT2D eigenvalue weighted by atomic mass is 16.3. The van der Waals surface area contributed by atoms with Crippen LogP contribution in [-0.4, -0.2) is 6.04 Å². The first-order valence-corrected chi connectivity index (χ1v) is 17.8. The maximum absolute atomic E-state index is 6.38. The van der Waals surface area contributed by atoms with Crippen LogP contribution in [0.4, 0.5) is 11.4 Å². The second-order valence-electron chi connectivity index (χ2n) is 14.4. The van der Waals surface area contributed by atoms with Gasteiger partial charge in [0, 0.05) is 27.7 Å². The highest BCUT2D eigenvalue weighted by Crippen LogP contribution is 2.48. The highest BCUT2D eigenvalue weighted by molar-refractivity contribution is 6.05. The van der Waals surface area contributed by atoms with Crippen LogP contribution in [0.3, 0.4) is 0 Å². The molecule has 3 aliphatic rings. The fourth-order valence-electron chi connectivity index (χ4n) is 8.36. The quantitative estimate of drug-likeness (QED) is 0.178. The number of benzene rings is 4. The van der Waals surface area contributed by atoms with Gasteiger partial charge in [0.05, 0.1) is 6.04 Å². The van der Waals surface area contributed by atoms with Crippen LogP contribution >= 0.6 is 0 Å². The van der Waals surface area contributed by atoms with Crippen molar-refractivity contribution in [1.82, 2.24) is 0 Å². The van der Waals surface area contributed by atoms with Crippen LogP contribution in [0, 0.1) is 17.3 Å². The number of hydrogen-bond acceptors (Lipinski definition) is 2. The third-order valence-corrected chi connectivity index (χ3v) is 11.1. The van der Waals surface area contributed by atoms with Gasteiger partial charge in [-0.15, -0.1) is 0 Å². The third-order valence-electron chi connectivity index (χ3n) is 11.1. The van der Waals surface area contributed by atoms with Crippen molar-refractivity contribution in [2.24, 2.45) is 17.3 Å². The fourth-order valence-corrected chi connectivity index (χ4v) is 8.36. The van der Waals surface area contributed by atoms with E-state index >= 15 is 0 Å². The molecule has 0 fully saturated rings. The second kappa shape index (κ2) is 12.3. The molecule has 48 heavy (non-hydrogen) atoms. The molecule has 5 aromatic rings. The summed E-state index contributed by atoms with van der Waals surface area (Å²) < 4.78 is 6.38. The van der Waals surface area contributed by atoms with Crippen LogP contribution in [0.5, 0.6) is 0 Å². The van der Waals surface area contributed by atoms with Crippen molar-refractivity contribution in [3.63, 3.8) is 0 Å². The van der Waals surface area contributed by atoms with Gasteiger partial charge >= 0.3 is 0 Å². The SMILES string of the molecule is CCC1=CCC(N(c2ccc3oc4c(c3c2)CC(C)C=C4)c2ccc(-c3ccccc3)c3ccccc23)C=C1C(C)(C)C1C=CC=CC1. The lowest BCUT2D eigenvalue weighted by atomic mass is 9.66. The molecule has 0 saturated heterocycles. The van der Waals surface area contributed by atoms with Crippen LogP contribution < -0.4 is 4.90 Å². The number of hydrogen-bond donors (Lipinski definition) is 0. The fraction of sp³-hybridized carbons (Fsp3) is 0.261. The van der Waals surface area contributed by atoms with Crippen molar-refractivity contribution < 1.29 is 4.42 Å². The van der Waals surface area contributed by atoms with Crippen molar-refractivity contribution in [2.75, 3.05) is 4.90 Å². The summed E-state index contributed by atoms with van der Waals surface area (Å²) in [6, 6.07) is 31.4. The van der Waals surface area contributed by atoms with Crippen molar-refractivity contribution in [3.8, 4) is 11.1 Å². The number of rotatable bonds is 7. The van der Waals surface area contributed by atoms with E-state index in [9.17, 15) is 0 Å². The number of furan rings is 1. The lowest BCUT2D eigenvalue weighted by Crippen LogP contribution is -2.35. The zero-order valence-electron chi connectivity index (χ0n) is 28.6. The van der Waals surface area contributed by atoms with E-state index in [1.165, 1.54) is 55.4 Å². The molecular formula is C46H45NO. The van der Waals surface area contributed by atoms with Gasteiger partial charge in [-0.3, -0.25) is 0 Å². The molecule has 1 heterocycles. The Hall–Kier alpha value is -4.82. The summed E-state index contributed by atoms with van der Waals surface area (Å²) in [7, 11) is 0. The van der Waals surface area contributed by atoms with Crippen LogP contribution in [0.1, 0.15) is 58.3 Å². The van der Waals surface area contributed by atoms with E-state index in [0.29, 0.717) is 11.8 Å². The molecule has 0 bridgehead atoms. The van der Waals surface area contributed by atoms with Gasteiger partial charge in [-0.25, -0.2) is 0 Å². The van der Waals surface area contributed by atoms with E-state index in [1.807, 2.05) is 0 Å². The number of nitrogens with zero attached hydrogens (tertiary/aromatic N) is 1. The van der Waals surface area contributed by atoms with Gasteiger partial charge in [-0.05, 0) is 101 Å². The highest BCUT2D eigenvalue weighted by Gasteiger charge is 2.36. The summed E-state index contributed by atoms with van der Waals surface area (Å²) in [5.74, 6) is 1.97. The molecule has 0 N–H and O–H groups in total. The summed E-state index contributed by atoms with van der Waals surface area (Å²) in [5, 5.41) is 3.78. The molecule has 3 aliphatic carbocycles. The molecule has 3 unspecified atom stereocenters. The topological polar surface area (TPSA) is 16.4 Å². The minimum absolute atomic E-state index is 0.00272. The Balaban J connectivity index is 1.33. The molecule has 240 valence electrons. The Labute approximate surface area is 285 Å². The summed E-state index contributed by atoms with van der Waals surface area (Å²) in [6.07, 6.45) is 22.8. The molecule has 0 spiro atoms. The Morgan fingerprint density at radius 2 is 1.65 bits per heavy atom. The Bertz CT molecular complexity index is 2150. The van der Waals surface area contributed by atoms with Crippen molar-refractivity contribution in [3.05, 3.63) is 150 Å². The standard InChI is InChI=1S/C46H45NO/c1-5-32-21-22-36(30-42(32)46(3,4)34-16-10-7-11-17-34)47(35-23-27-45-41(29-35)40-28-31(2)20-26-44(40)48-45)43-25-24-37(33-14-8-6-9-15-33)38-18-12-13-19-39(38)43/h6-16,18-21,23-27,29-31,34,36H,5,17,22,28H2,1-4H3. The Morgan fingerprint density at radius 1 is 0.833 bits per heavy atom. The molecule has 1 aromatic heterocycles. The molecule has 2 heteroatoms. The smallest absolute Gasteiger partial charge is 0.135 e. The summed E-state index contributed by atoms with van der Waals surface area (Å²) >= 11 is 0. The zero-order valence-corrected chi connectivity index (χ0v) is 28.6. The van der Waals surface area contributed by atoms with E-state index in [2.05, 4.69) is 166 Å². The monoisotopic (exact) mass is 627 g/mol. The first-order chi connectivity index (χ1) is 23.4. The van der Waals surface area contributed by atoms with E-state index in [-0.39, 0.29) is 11.5 Å². The van der Waals surface area contributed by atoms with Crippen LogP contribution in [0.25, 0.3) is 38.9 Å². The van der Waals surface area contributed by atoms with E-state index in [1.54, 1.807) is 0 Å². The minimum Gasteiger partial charge on any atom is -0.456 e. The van der Waals surface area contributed by atoms with Gasteiger partial charge in [-0.2, -0.15) is 0 Å². The summed E-state index contributed by atoms with van der Waals surface area (Å²) in [4.78, 5) is 2.62. The average molecular weight is 628 g/mol. The molecule has 8 rings (SSSR count). The van der Waals surface area contributed by atoms with E-state index < -0.39 is 0 Å². The maximum Gasteiger partial charge on any atom is 0.135 e. The molecule has 0 amide bonds. The Morgan fingerprint density at radius 3 is 2.44 bits per heavy atom. The van der Waals surface area contributed by atoms with Crippen molar-refractivity contribution >= 4 is 39.2 Å². The molecule has 0 aliphatic heterocycles. The largest absolute Gasteiger partial charge is 0.456 e. The first kappa shape index (κ1) is 30.5. The number of allylic oxidation sites excluding steroid dienone is 7. The predicted molar refractivity (Wildman–Crippen MR) is 205 cm³/mol. The normalized spacial score (nSPS) is 20.5. The molecule has 0 saturated carbocycles. The van der Waals surface area contributed by atoms with Crippen LogP contribution in [0.15, 0.2) is 143 Å². The average Bonchev–Trinajstić information content (AvgIpc) is 3.49. The van der Waals surface area contributed by atoms with Gasteiger partial charge in [0.25, 0.3) is 0 Å². The summed E-state index contributed by atoms with van der Waals surface area (Å²) in [5.41, 5.74) is 10.2. The first-order valence-electron chi connectivity index (χ1n) is 17.8. The van der Waals surface area contributed by atoms with Gasteiger partial charge < -0.3 is 9.32 Å². The van der Waals surface area contributed by atoms with Crippen LogP contribution in [0.2, 0.25) is 0 Å². The minimum atomic E-state index is 0.00272. The van der Waals surface area contributed by atoms with Crippen molar-refractivity contribution in [1.29, 1.82) is 0 Å². The van der Waals surface area contributed by atoms with Gasteiger partial charge in [0.15, 0.2) is 0 Å². The molecule has 2 nitrogen and oxygen atoms in total. The lowest BCUT2D eigenvalue weighted by Gasteiger charge is -2.41. The van der Waals surface area contributed by atoms with Gasteiger partial charge in [0.1, 0.15) is 11.3 Å². The van der Waals surface area contributed by atoms with Crippen molar-refractivity contribution in [2.45, 2.75) is 59.4 Å². The van der Waals surface area contributed by atoms with Crippen LogP contribution in [-0.2, 0) is 6.42 Å². The maximum atomic E-state index is 6.38.